The molecule has 4 unspecified atom stereocenters. The molecule has 0 saturated carbocycles. The molecule has 2 aromatic heterocycles. The van der Waals surface area contributed by atoms with Crippen molar-refractivity contribution in [1.29, 1.82) is 0 Å². The number of ether oxygens (including phenoxy) is 2. The van der Waals surface area contributed by atoms with Crippen LogP contribution in [0.4, 0.5) is 19.0 Å². The summed E-state index contributed by atoms with van der Waals surface area (Å²) in [6.45, 7) is 2.60. The first-order chi connectivity index (χ1) is 22.7. The van der Waals surface area contributed by atoms with Gasteiger partial charge in [0.1, 0.15) is 17.7 Å². The van der Waals surface area contributed by atoms with E-state index in [1.807, 2.05) is 18.2 Å². The van der Waals surface area contributed by atoms with Crippen LogP contribution in [0.15, 0.2) is 42.7 Å². The number of carbonyl (C=O) groups is 3. The lowest BCUT2D eigenvalue weighted by Gasteiger charge is -2.43. The van der Waals surface area contributed by atoms with E-state index in [9.17, 15) is 18.8 Å². The third kappa shape index (κ3) is 5.46. The largest absolute Gasteiger partial charge is 0.377 e. The third-order valence-corrected chi connectivity index (χ3v) is 9.65. The van der Waals surface area contributed by atoms with Gasteiger partial charge >= 0.3 is 0 Å². The maximum Gasteiger partial charge on any atom is 0.253 e. The summed E-state index contributed by atoms with van der Waals surface area (Å²) in [6, 6.07) is 3.25. The minimum Gasteiger partial charge on any atom is -0.377 e. The van der Waals surface area contributed by atoms with E-state index in [0.717, 1.165) is 17.2 Å². The summed E-state index contributed by atoms with van der Waals surface area (Å²) in [6.07, 6.45) is 7.22. The Kier molecular flexibility index (Phi) is 8.04. The molecule has 1 saturated heterocycles. The van der Waals surface area contributed by atoms with Crippen LogP contribution in [0.1, 0.15) is 57.6 Å². The molecule has 10 nitrogen and oxygen atoms in total. The predicted octanol–water partition coefficient (Wildman–Crippen LogP) is 3.45. The van der Waals surface area contributed by atoms with Crippen molar-refractivity contribution in [3.63, 3.8) is 0 Å². The third-order valence-electron chi connectivity index (χ3n) is 9.65. The minimum absolute atomic E-state index is 0.0667. The van der Waals surface area contributed by atoms with Gasteiger partial charge in [0.2, 0.25) is 11.8 Å². The molecule has 4 aliphatic rings. The van der Waals surface area contributed by atoms with Crippen molar-refractivity contribution in [3.05, 3.63) is 93.7 Å². The zero-order valence-electron chi connectivity index (χ0n) is 25.5. The number of rotatable bonds is 1. The lowest BCUT2D eigenvalue weighted by molar-refractivity contribution is -0.140. The molecule has 1 aromatic carbocycles. The molecule has 5 heterocycles. The Morgan fingerprint density at radius 2 is 1.79 bits per heavy atom. The van der Waals surface area contributed by atoms with E-state index in [0.29, 0.717) is 42.6 Å². The first-order valence-corrected chi connectivity index (χ1v) is 15.5. The van der Waals surface area contributed by atoms with Crippen molar-refractivity contribution in [2.45, 2.75) is 49.6 Å². The lowest BCUT2D eigenvalue weighted by Crippen LogP contribution is -2.58. The molecule has 7 bridgehead atoms. The molecular weight excluding hydrogens is 615 g/mol. The molecule has 1 aliphatic carbocycles. The van der Waals surface area contributed by atoms with Crippen LogP contribution in [0.5, 0.6) is 0 Å². The number of hydrogen-bond donors (Lipinski definition) is 2. The second kappa shape index (κ2) is 12.2. The number of fused-ring (bicyclic) bond motifs is 4. The van der Waals surface area contributed by atoms with Crippen LogP contribution in [0.2, 0.25) is 0 Å². The Hall–Kier alpha value is -4.62. The maximum absolute atomic E-state index is 15.0. The molecule has 244 valence electrons. The number of piperidine rings is 1. The highest BCUT2D eigenvalue weighted by Gasteiger charge is 2.52. The molecule has 47 heavy (non-hydrogen) atoms. The Morgan fingerprint density at radius 3 is 2.64 bits per heavy atom. The summed E-state index contributed by atoms with van der Waals surface area (Å²) < 4.78 is 55.7. The van der Waals surface area contributed by atoms with Crippen LogP contribution in [-0.2, 0) is 37.3 Å². The topological polar surface area (TPSA) is 123 Å². The summed E-state index contributed by atoms with van der Waals surface area (Å²) in [4.78, 5) is 51.1. The number of hydrogen-bond acceptors (Lipinski definition) is 7. The van der Waals surface area contributed by atoms with E-state index < -0.39 is 58.2 Å². The van der Waals surface area contributed by atoms with Crippen molar-refractivity contribution in [3.8, 4) is 0 Å². The molecule has 3 aromatic rings. The Balaban J connectivity index is 1.22. The number of carbonyl (C=O) groups excluding carboxylic acids is 3. The molecule has 7 rings (SSSR count). The SMILES string of the molecule is CC1C(c2c(F)ccc(F)c2F)CC2NC(=O)c3cnc4c(c3)CC3(C4)C(=O)Nc4ncc(cc43)C=CCOCCOCCN1C2=O. The minimum atomic E-state index is -1.33. The van der Waals surface area contributed by atoms with Crippen LogP contribution < -0.4 is 10.6 Å². The molecule has 13 heteroatoms. The summed E-state index contributed by atoms with van der Waals surface area (Å²) >= 11 is 0. The zero-order chi connectivity index (χ0) is 32.9. The van der Waals surface area contributed by atoms with Crippen molar-refractivity contribution >= 4 is 29.6 Å². The molecule has 1 fully saturated rings. The van der Waals surface area contributed by atoms with Gasteiger partial charge in [-0.2, -0.15) is 0 Å². The van der Waals surface area contributed by atoms with Crippen molar-refractivity contribution in [1.82, 2.24) is 20.2 Å². The van der Waals surface area contributed by atoms with Crippen molar-refractivity contribution in [2.75, 3.05) is 38.3 Å². The predicted molar refractivity (Wildman–Crippen MR) is 163 cm³/mol. The Bertz CT molecular complexity index is 1820. The number of amides is 3. The molecule has 1 spiro atoms. The van der Waals surface area contributed by atoms with Gasteiger partial charge in [-0.25, -0.2) is 18.2 Å². The highest BCUT2D eigenvalue weighted by Crippen LogP contribution is 2.46. The van der Waals surface area contributed by atoms with E-state index >= 15 is 8.78 Å². The number of pyridine rings is 2. The zero-order valence-corrected chi connectivity index (χ0v) is 25.5. The number of anilines is 1. The maximum atomic E-state index is 15.0. The van der Waals surface area contributed by atoms with Gasteiger partial charge in [0.15, 0.2) is 11.6 Å². The fraction of sp³-hybridized carbons (Fsp3) is 0.382. The number of aromatic nitrogens is 2. The van der Waals surface area contributed by atoms with E-state index in [1.54, 1.807) is 19.2 Å². The van der Waals surface area contributed by atoms with Crippen LogP contribution in [0.3, 0.4) is 0 Å². The van der Waals surface area contributed by atoms with Crippen LogP contribution >= 0.6 is 0 Å². The molecular formula is C34H32F3N5O5. The molecule has 2 N–H and O–H groups in total. The monoisotopic (exact) mass is 647 g/mol. The number of halogens is 3. The fourth-order valence-electron chi connectivity index (χ4n) is 7.19. The fourth-order valence-corrected chi connectivity index (χ4v) is 7.19. The van der Waals surface area contributed by atoms with Crippen molar-refractivity contribution < 1.29 is 37.0 Å². The summed E-state index contributed by atoms with van der Waals surface area (Å²) in [7, 11) is 0. The van der Waals surface area contributed by atoms with Gasteiger partial charge in [-0.15, -0.1) is 0 Å². The summed E-state index contributed by atoms with van der Waals surface area (Å²) in [5.41, 5.74) is 1.68. The van der Waals surface area contributed by atoms with E-state index in [4.69, 9.17) is 9.47 Å². The normalized spacial score (nSPS) is 26.1. The Morgan fingerprint density at radius 1 is 0.979 bits per heavy atom. The highest BCUT2D eigenvalue weighted by atomic mass is 19.2. The van der Waals surface area contributed by atoms with Gasteiger partial charge in [-0.1, -0.05) is 12.2 Å². The van der Waals surface area contributed by atoms with Crippen LogP contribution in [0.25, 0.3) is 6.08 Å². The van der Waals surface area contributed by atoms with Gasteiger partial charge < -0.3 is 25.0 Å². The lowest BCUT2D eigenvalue weighted by atomic mass is 9.79. The summed E-state index contributed by atoms with van der Waals surface area (Å²) in [5, 5.41) is 5.62. The van der Waals surface area contributed by atoms with E-state index in [-0.39, 0.29) is 44.3 Å². The number of nitrogens with zero attached hydrogens (tertiary/aromatic N) is 3. The molecule has 4 atom stereocenters. The average molecular weight is 648 g/mol. The van der Waals surface area contributed by atoms with Crippen LogP contribution in [0, 0.1) is 17.5 Å². The molecule has 0 radical (unpaired) electrons. The summed E-state index contributed by atoms with van der Waals surface area (Å²) in [5.74, 6) is -5.23. The highest BCUT2D eigenvalue weighted by molar-refractivity contribution is 6.06. The number of benzene rings is 1. The van der Waals surface area contributed by atoms with Gasteiger partial charge in [-0.05, 0) is 55.2 Å². The van der Waals surface area contributed by atoms with Gasteiger partial charge in [0, 0.05) is 54.1 Å². The van der Waals surface area contributed by atoms with E-state index in [2.05, 4.69) is 20.6 Å². The van der Waals surface area contributed by atoms with Gasteiger partial charge in [-0.3, -0.25) is 19.4 Å². The van der Waals surface area contributed by atoms with Gasteiger partial charge in [0.05, 0.1) is 37.4 Å². The number of nitrogens with one attached hydrogen (secondary N) is 2. The van der Waals surface area contributed by atoms with E-state index in [1.165, 1.54) is 11.1 Å². The standard InChI is InChI=1S/C34H32F3N5O5/c1-18-22(28-24(35)4-5-25(36)29(28)37)13-26-32(44)42(18)6-8-47-10-9-46-7-2-3-19-11-23-30(39-16-19)41-33(45)34(23)14-20-12-21(31(43)40-26)17-38-27(20)15-34/h2-5,11-12,16-18,22,26H,6-10,13-15H2,1H3,(H,40,43)(H,39,41,45). The Labute approximate surface area is 268 Å². The molecule has 3 aliphatic heterocycles. The first-order valence-electron chi connectivity index (χ1n) is 15.5. The quantitative estimate of drug-likeness (QED) is 0.388. The smallest absolute Gasteiger partial charge is 0.253 e. The molecule has 3 amide bonds. The van der Waals surface area contributed by atoms with Crippen LogP contribution in [-0.4, -0.2) is 77.6 Å². The first kappa shape index (κ1) is 31.0. The van der Waals surface area contributed by atoms with Gasteiger partial charge in [0.25, 0.3) is 5.91 Å². The second-order valence-electron chi connectivity index (χ2n) is 12.4. The second-order valence-corrected chi connectivity index (χ2v) is 12.4. The van der Waals surface area contributed by atoms with Crippen molar-refractivity contribution in [2.24, 2.45) is 0 Å². The average Bonchev–Trinajstić information content (AvgIpc) is 3.57.